The van der Waals surface area contributed by atoms with Crippen LogP contribution < -0.4 is 0 Å². The third kappa shape index (κ3) is 12.5. The number of methoxy groups -OCH3 is 1. The van der Waals surface area contributed by atoms with Crippen molar-refractivity contribution < 1.29 is 48.6 Å². The van der Waals surface area contributed by atoms with Crippen molar-refractivity contribution in [3.05, 3.63) is 17.9 Å². The average Bonchev–Trinajstić information content (AvgIpc) is 2.86. The van der Waals surface area contributed by atoms with Gasteiger partial charge < -0.3 is 39.0 Å². The van der Waals surface area contributed by atoms with Gasteiger partial charge in [-0.15, -0.1) is 5.73 Å². The lowest BCUT2D eigenvalue weighted by atomic mass is 9.99. The Balaban J connectivity index is 2.70. The fourth-order valence-electron chi connectivity index (χ4n) is 3.61. The van der Waals surface area contributed by atoms with Crippen molar-refractivity contribution in [3.63, 3.8) is 0 Å². The third-order valence-electron chi connectivity index (χ3n) is 5.69. The maximum Gasteiger partial charge on any atom is 0.310 e. The molecule has 6 atom stereocenters. The average molecular weight is 517 g/mol. The Labute approximate surface area is 214 Å². The minimum atomic E-state index is -1.36. The number of hydrogen-bond donors (Lipinski definition) is 3. The van der Waals surface area contributed by atoms with Crippen LogP contribution in [0, 0.1) is 0 Å². The van der Waals surface area contributed by atoms with Crippen LogP contribution in [0.2, 0.25) is 0 Å². The highest BCUT2D eigenvalue weighted by molar-refractivity contribution is 5.71. The number of ether oxygens (including phenoxy) is 5. The summed E-state index contributed by atoms with van der Waals surface area (Å²) in [5.74, 6) is -0.952. The van der Waals surface area contributed by atoms with Crippen molar-refractivity contribution in [2.45, 2.75) is 108 Å². The maximum absolute atomic E-state index is 12.3. The molecule has 1 saturated heterocycles. The topological polar surface area (TPSA) is 141 Å². The number of esters is 2. The minimum absolute atomic E-state index is 0.0187. The second kappa shape index (κ2) is 19.3. The Hall–Kier alpha value is -1.78. The van der Waals surface area contributed by atoms with Crippen LogP contribution in [-0.4, -0.2) is 91.0 Å². The van der Waals surface area contributed by atoms with E-state index in [1.54, 1.807) is 6.08 Å². The van der Waals surface area contributed by atoms with Crippen molar-refractivity contribution in [3.8, 4) is 0 Å². The van der Waals surface area contributed by atoms with Gasteiger partial charge in [0.15, 0.2) is 12.4 Å². The molecule has 0 bridgehead atoms. The largest absolute Gasteiger partial charge is 0.462 e. The summed E-state index contributed by atoms with van der Waals surface area (Å²) >= 11 is 0. The lowest BCUT2D eigenvalue weighted by Gasteiger charge is -2.41. The molecular weight excluding hydrogens is 472 g/mol. The van der Waals surface area contributed by atoms with Crippen LogP contribution in [0.3, 0.4) is 0 Å². The molecule has 0 spiro atoms. The van der Waals surface area contributed by atoms with E-state index in [1.165, 1.54) is 7.11 Å². The standard InChI is InChI=1S/C26H44O10/c1-4-6-8-10-12-14-21(28)33-17-19(35-22(29)15-13-11-9-7-5-2)18-34-26-24(31)25(32-3)23(30)20(16-27)36-26/h9,13,19-20,23-27,30-31H,4-8,10,12,14-18H2,1-3H3. The minimum Gasteiger partial charge on any atom is -0.462 e. The van der Waals surface area contributed by atoms with E-state index in [-0.39, 0.29) is 26.1 Å². The molecule has 1 fully saturated rings. The Morgan fingerprint density at radius 1 is 1.00 bits per heavy atom. The van der Waals surface area contributed by atoms with E-state index in [0.29, 0.717) is 0 Å². The van der Waals surface area contributed by atoms with E-state index in [0.717, 1.165) is 44.9 Å². The molecule has 3 N–H and O–H groups in total. The van der Waals surface area contributed by atoms with E-state index in [2.05, 4.69) is 12.7 Å². The van der Waals surface area contributed by atoms with Gasteiger partial charge in [0.25, 0.3) is 0 Å². The molecule has 0 aromatic rings. The summed E-state index contributed by atoms with van der Waals surface area (Å²) in [6.45, 7) is 3.16. The van der Waals surface area contributed by atoms with Crippen molar-refractivity contribution >= 4 is 11.9 Å². The smallest absolute Gasteiger partial charge is 0.310 e. The summed E-state index contributed by atoms with van der Waals surface area (Å²) in [6, 6.07) is 0. The first kappa shape index (κ1) is 32.2. The van der Waals surface area contributed by atoms with Crippen molar-refractivity contribution in [2.75, 3.05) is 26.9 Å². The summed E-state index contributed by atoms with van der Waals surface area (Å²) in [4.78, 5) is 24.4. The quantitative estimate of drug-likeness (QED) is 0.141. The summed E-state index contributed by atoms with van der Waals surface area (Å²) in [6.07, 6.45) is 3.52. The molecule has 0 amide bonds. The lowest BCUT2D eigenvalue weighted by Crippen LogP contribution is -2.60. The summed E-state index contributed by atoms with van der Waals surface area (Å²) in [7, 11) is 1.31. The molecule has 208 valence electrons. The van der Waals surface area contributed by atoms with Gasteiger partial charge in [-0.2, -0.15) is 0 Å². The summed E-state index contributed by atoms with van der Waals surface area (Å²) in [5, 5.41) is 30.1. The molecule has 0 aromatic carbocycles. The van der Waals surface area contributed by atoms with Crippen LogP contribution in [0.4, 0.5) is 0 Å². The molecule has 10 nitrogen and oxygen atoms in total. The molecule has 36 heavy (non-hydrogen) atoms. The van der Waals surface area contributed by atoms with Crippen LogP contribution >= 0.6 is 0 Å². The van der Waals surface area contributed by atoms with Gasteiger partial charge in [-0.05, 0) is 25.0 Å². The SMILES string of the molecule is CCCC=C=CCC(=O)OC(COC(=O)CCCCCCC)COC1OC(CO)C(O)C(OC)C1O. The number of carbonyl (C=O) groups is 2. The number of aliphatic hydroxyl groups is 3. The van der Waals surface area contributed by atoms with Crippen LogP contribution in [0.25, 0.3) is 0 Å². The third-order valence-corrected chi connectivity index (χ3v) is 5.69. The normalized spacial score (nSPS) is 24.4. The van der Waals surface area contributed by atoms with Gasteiger partial charge in [-0.1, -0.05) is 46.0 Å². The number of hydrogen-bond acceptors (Lipinski definition) is 10. The first-order valence-corrected chi connectivity index (χ1v) is 12.9. The van der Waals surface area contributed by atoms with Crippen LogP contribution in [0.15, 0.2) is 17.9 Å². The maximum atomic E-state index is 12.3. The Morgan fingerprint density at radius 3 is 2.42 bits per heavy atom. The van der Waals surface area contributed by atoms with Crippen LogP contribution in [-0.2, 0) is 33.3 Å². The van der Waals surface area contributed by atoms with E-state index >= 15 is 0 Å². The molecule has 1 aliphatic rings. The molecular formula is C26H44O10. The Morgan fingerprint density at radius 2 is 1.75 bits per heavy atom. The molecule has 0 radical (unpaired) electrons. The zero-order chi connectivity index (χ0) is 26.8. The van der Waals surface area contributed by atoms with E-state index in [4.69, 9.17) is 23.7 Å². The molecule has 0 aliphatic carbocycles. The van der Waals surface area contributed by atoms with Gasteiger partial charge in [-0.25, -0.2) is 0 Å². The lowest BCUT2D eigenvalue weighted by molar-refractivity contribution is -0.308. The molecule has 1 aliphatic heterocycles. The van der Waals surface area contributed by atoms with Crippen molar-refractivity contribution in [1.29, 1.82) is 0 Å². The molecule has 1 heterocycles. The van der Waals surface area contributed by atoms with Crippen molar-refractivity contribution in [1.82, 2.24) is 0 Å². The summed E-state index contributed by atoms with van der Waals surface area (Å²) < 4.78 is 26.9. The molecule has 0 aromatic heterocycles. The second-order valence-corrected chi connectivity index (χ2v) is 8.77. The van der Waals surface area contributed by atoms with E-state index in [1.807, 2.05) is 13.0 Å². The van der Waals surface area contributed by atoms with Gasteiger partial charge in [0.2, 0.25) is 0 Å². The van der Waals surface area contributed by atoms with Gasteiger partial charge in [0.1, 0.15) is 31.0 Å². The Kier molecular flexibility index (Phi) is 17.3. The van der Waals surface area contributed by atoms with E-state index in [9.17, 15) is 24.9 Å². The number of unbranched alkanes of at least 4 members (excludes halogenated alkanes) is 5. The Bertz CT molecular complexity index is 676. The zero-order valence-electron chi connectivity index (χ0n) is 21.8. The number of carbonyl (C=O) groups excluding carboxylic acids is 2. The van der Waals surface area contributed by atoms with Crippen LogP contribution in [0.1, 0.15) is 71.6 Å². The highest BCUT2D eigenvalue weighted by Gasteiger charge is 2.45. The van der Waals surface area contributed by atoms with Gasteiger partial charge >= 0.3 is 11.9 Å². The molecule has 0 saturated carbocycles. The second-order valence-electron chi connectivity index (χ2n) is 8.77. The first-order valence-electron chi connectivity index (χ1n) is 12.9. The zero-order valence-corrected chi connectivity index (χ0v) is 21.8. The van der Waals surface area contributed by atoms with Gasteiger partial charge in [-0.3, -0.25) is 9.59 Å². The number of rotatable bonds is 18. The predicted molar refractivity (Wildman–Crippen MR) is 131 cm³/mol. The van der Waals surface area contributed by atoms with Gasteiger partial charge in [0, 0.05) is 13.5 Å². The highest BCUT2D eigenvalue weighted by atomic mass is 16.7. The predicted octanol–water partition coefficient (Wildman–Crippen LogP) is 2.17. The highest BCUT2D eigenvalue weighted by Crippen LogP contribution is 2.24. The first-order chi connectivity index (χ1) is 17.4. The van der Waals surface area contributed by atoms with Crippen LogP contribution in [0.5, 0.6) is 0 Å². The fraction of sp³-hybridized carbons (Fsp3) is 0.808. The fourth-order valence-corrected chi connectivity index (χ4v) is 3.61. The van der Waals surface area contributed by atoms with E-state index < -0.39 is 55.4 Å². The molecule has 1 rings (SSSR count). The monoisotopic (exact) mass is 516 g/mol. The van der Waals surface area contributed by atoms with Gasteiger partial charge in [0.05, 0.1) is 19.6 Å². The molecule has 6 unspecified atom stereocenters. The molecule has 10 heteroatoms. The van der Waals surface area contributed by atoms with Crippen molar-refractivity contribution in [2.24, 2.45) is 0 Å². The summed E-state index contributed by atoms with van der Waals surface area (Å²) in [5.41, 5.74) is 2.91. The number of aliphatic hydroxyl groups excluding tert-OH is 3.